The number of hydrogen-bond acceptors (Lipinski definition) is 5. The average Bonchev–Trinajstić information content (AvgIpc) is 2.95. The fourth-order valence-electron chi connectivity index (χ4n) is 2.64. The average molecular weight is 354 g/mol. The molecule has 3 amide bonds. The van der Waals surface area contributed by atoms with E-state index in [1.807, 2.05) is 26.8 Å². The van der Waals surface area contributed by atoms with E-state index in [0.717, 1.165) is 0 Å². The summed E-state index contributed by atoms with van der Waals surface area (Å²) in [6, 6.07) is 7.59. The molecule has 26 heavy (non-hydrogen) atoms. The number of amides is 3. The summed E-state index contributed by atoms with van der Waals surface area (Å²) in [5, 5.41) is 19.1. The van der Waals surface area contributed by atoms with Gasteiger partial charge in [-0.3, -0.25) is 24.6 Å². The van der Waals surface area contributed by atoms with Crippen LogP contribution in [0.1, 0.15) is 45.6 Å². The number of nitrogens with zero attached hydrogens (tertiary/aromatic N) is 2. The third-order valence-corrected chi connectivity index (χ3v) is 4.29. The van der Waals surface area contributed by atoms with Crippen LogP contribution >= 0.6 is 0 Å². The minimum atomic E-state index is -0.775. The first-order chi connectivity index (χ1) is 12.1. The summed E-state index contributed by atoms with van der Waals surface area (Å²) in [4.78, 5) is 38.1. The Balaban J connectivity index is 2.09. The summed E-state index contributed by atoms with van der Waals surface area (Å²) >= 11 is 0. The van der Waals surface area contributed by atoms with Gasteiger partial charge in [-0.1, -0.05) is 20.8 Å². The fourth-order valence-corrected chi connectivity index (χ4v) is 2.64. The summed E-state index contributed by atoms with van der Waals surface area (Å²) in [7, 11) is 0. The Labute approximate surface area is 152 Å². The van der Waals surface area contributed by atoms with Crippen molar-refractivity contribution in [3.8, 4) is 6.07 Å². The first-order valence-corrected chi connectivity index (χ1v) is 8.37. The predicted octanol–water partition coefficient (Wildman–Crippen LogP) is 2.15. The molecule has 1 heterocycles. The largest absolute Gasteiger partial charge is 0.309 e. The molecule has 7 nitrogen and oxygen atoms in total. The van der Waals surface area contributed by atoms with E-state index in [2.05, 4.69) is 5.32 Å². The van der Waals surface area contributed by atoms with Gasteiger partial charge in [0.25, 0.3) is 0 Å². The summed E-state index contributed by atoms with van der Waals surface area (Å²) < 4.78 is 0. The zero-order valence-electron chi connectivity index (χ0n) is 15.1. The Hall–Kier alpha value is -3.01. The molecule has 0 saturated carbocycles. The molecule has 136 valence electrons. The van der Waals surface area contributed by atoms with Crippen molar-refractivity contribution >= 4 is 29.1 Å². The van der Waals surface area contributed by atoms with Crippen LogP contribution < -0.4 is 10.2 Å². The topological polar surface area (TPSA) is 114 Å². The van der Waals surface area contributed by atoms with Crippen LogP contribution in [-0.2, 0) is 14.4 Å². The summed E-state index contributed by atoms with van der Waals surface area (Å²) in [6.45, 7) is 5.48. The maximum absolute atomic E-state index is 12.5. The van der Waals surface area contributed by atoms with Gasteiger partial charge in [-0.15, -0.1) is 0 Å². The first kappa shape index (κ1) is 19.3. The number of carbonyl (C=O) groups is 3. The lowest BCUT2D eigenvalue weighted by atomic mass is 9.88. The van der Waals surface area contributed by atoms with E-state index in [9.17, 15) is 14.4 Å². The second-order valence-corrected chi connectivity index (χ2v) is 7.29. The monoisotopic (exact) mass is 354 g/mol. The van der Waals surface area contributed by atoms with Gasteiger partial charge in [0.15, 0.2) is 0 Å². The third kappa shape index (κ3) is 4.33. The van der Waals surface area contributed by atoms with Gasteiger partial charge in [0.2, 0.25) is 17.7 Å². The molecule has 0 radical (unpaired) electrons. The Kier molecular flexibility index (Phi) is 5.56. The molecule has 2 N–H and O–H groups in total. The van der Waals surface area contributed by atoms with Crippen LogP contribution in [0.15, 0.2) is 24.3 Å². The van der Waals surface area contributed by atoms with Crippen molar-refractivity contribution < 1.29 is 14.4 Å². The molecule has 1 aromatic carbocycles. The Morgan fingerprint density at radius 1 is 1.31 bits per heavy atom. The van der Waals surface area contributed by atoms with E-state index in [1.165, 1.54) is 4.90 Å². The quantitative estimate of drug-likeness (QED) is 0.806. The molecule has 0 aromatic heterocycles. The molecule has 1 unspecified atom stereocenters. The number of hydrogen-bond donors (Lipinski definition) is 2. The van der Waals surface area contributed by atoms with E-state index < -0.39 is 23.3 Å². The molecule has 0 spiro atoms. The van der Waals surface area contributed by atoms with Crippen molar-refractivity contribution in [3.63, 3.8) is 0 Å². The minimum absolute atomic E-state index is 0.160. The Bertz CT molecular complexity index is 784. The van der Waals surface area contributed by atoms with Crippen LogP contribution in [0.25, 0.3) is 0 Å². The summed E-state index contributed by atoms with van der Waals surface area (Å²) in [5.74, 6) is -1.30. The van der Waals surface area contributed by atoms with Gasteiger partial charge in [0, 0.05) is 23.2 Å². The van der Waals surface area contributed by atoms with Crippen LogP contribution in [0.4, 0.5) is 5.69 Å². The van der Waals surface area contributed by atoms with Gasteiger partial charge in [-0.2, -0.15) is 5.26 Å². The van der Waals surface area contributed by atoms with E-state index in [1.54, 1.807) is 24.3 Å². The third-order valence-electron chi connectivity index (χ3n) is 4.29. The molecule has 1 atom stereocenters. The molecule has 2 rings (SSSR count). The highest BCUT2D eigenvalue weighted by atomic mass is 16.2. The standard InChI is InChI=1S/C19H22N4O3/c1-19(2,3)15(21)10-16(24)22-18(26)14-8-9-17(25)23(14)13-6-4-12(11-20)5-7-13/h4-7,14,21H,8-10H2,1-3H3,(H,22,24,26). The smallest absolute Gasteiger partial charge is 0.249 e. The van der Waals surface area contributed by atoms with Crippen LogP contribution in [-0.4, -0.2) is 29.5 Å². The summed E-state index contributed by atoms with van der Waals surface area (Å²) in [5.41, 5.74) is 0.756. The minimum Gasteiger partial charge on any atom is -0.309 e. The molecule has 0 bridgehead atoms. The number of nitriles is 1. The molecule has 1 fully saturated rings. The lowest BCUT2D eigenvalue weighted by Crippen LogP contribution is -2.47. The van der Waals surface area contributed by atoms with Crippen molar-refractivity contribution in [1.29, 1.82) is 10.7 Å². The van der Waals surface area contributed by atoms with Gasteiger partial charge in [0.1, 0.15) is 6.04 Å². The molecular formula is C19H22N4O3. The first-order valence-electron chi connectivity index (χ1n) is 8.37. The lowest BCUT2D eigenvalue weighted by Gasteiger charge is -2.24. The van der Waals surface area contributed by atoms with Crippen LogP contribution in [0.2, 0.25) is 0 Å². The van der Waals surface area contributed by atoms with Crippen molar-refractivity contribution in [2.45, 2.75) is 46.1 Å². The highest BCUT2D eigenvalue weighted by molar-refractivity contribution is 6.11. The maximum Gasteiger partial charge on any atom is 0.249 e. The second kappa shape index (κ2) is 7.48. The predicted molar refractivity (Wildman–Crippen MR) is 96.6 cm³/mol. The summed E-state index contributed by atoms with van der Waals surface area (Å²) in [6.07, 6.45) is 0.367. The van der Waals surface area contributed by atoms with Gasteiger partial charge < -0.3 is 5.41 Å². The highest BCUT2D eigenvalue weighted by Crippen LogP contribution is 2.27. The number of imide groups is 1. The molecule has 1 aliphatic heterocycles. The SMILES string of the molecule is CC(C)(C)C(=N)CC(=O)NC(=O)C1CCC(=O)N1c1ccc(C#N)cc1. The normalized spacial score (nSPS) is 16.9. The lowest BCUT2D eigenvalue weighted by molar-refractivity contribution is -0.131. The van der Waals surface area contributed by atoms with Crippen molar-refractivity contribution in [3.05, 3.63) is 29.8 Å². The van der Waals surface area contributed by atoms with Gasteiger partial charge >= 0.3 is 0 Å². The van der Waals surface area contributed by atoms with E-state index >= 15 is 0 Å². The van der Waals surface area contributed by atoms with Crippen molar-refractivity contribution in [2.75, 3.05) is 4.90 Å². The van der Waals surface area contributed by atoms with E-state index in [-0.39, 0.29) is 24.5 Å². The van der Waals surface area contributed by atoms with E-state index in [0.29, 0.717) is 17.7 Å². The number of rotatable bonds is 4. The number of carbonyl (C=O) groups excluding carboxylic acids is 3. The zero-order chi connectivity index (χ0) is 19.5. The maximum atomic E-state index is 12.5. The number of anilines is 1. The molecule has 1 aromatic rings. The molecule has 7 heteroatoms. The molecule has 1 aliphatic rings. The fraction of sp³-hybridized carbons (Fsp3) is 0.421. The van der Waals surface area contributed by atoms with E-state index in [4.69, 9.17) is 10.7 Å². The van der Waals surface area contributed by atoms with Crippen LogP contribution in [0, 0.1) is 22.2 Å². The number of benzene rings is 1. The molecule has 0 aliphatic carbocycles. The van der Waals surface area contributed by atoms with Gasteiger partial charge in [-0.25, -0.2) is 0 Å². The Morgan fingerprint density at radius 2 is 1.92 bits per heavy atom. The molecular weight excluding hydrogens is 332 g/mol. The second-order valence-electron chi connectivity index (χ2n) is 7.29. The van der Waals surface area contributed by atoms with Gasteiger partial charge in [0.05, 0.1) is 18.1 Å². The number of nitrogens with one attached hydrogen (secondary N) is 2. The van der Waals surface area contributed by atoms with Gasteiger partial charge in [-0.05, 0) is 30.7 Å². The molecule has 1 saturated heterocycles. The Morgan fingerprint density at radius 3 is 2.46 bits per heavy atom. The highest BCUT2D eigenvalue weighted by Gasteiger charge is 2.37. The van der Waals surface area contributed by atoms with Crippen LogP contribution in [0.5, 0.6) is 0 Å². The van der Waals surface area contributed by atoms with Crippen molar-refractivity contribution in [2.24, 2.45) is 5.41 Å². The zero-order valence-corrected chi connectivity index (χ0v) is 15.1. The van der Waals surface area contributed by atoms with Crippen molar-refractivity contribution in [1.82, 2.24) is 5.32 Å². The van der Waals surface area contributed by atoms with Crippen LogP contribution in [0.3, 0.4) is 0 Å².